The molecule has 3 aromatic carbocycles. The van der Waals surface area contributed by atoms with E-state index in [1.807, 2.05) is 0 Å². The van der Waals surface area contributed by atoms with Gasteiger partial charge in [0.15, 0.2) is 0 Å². The van der Waals surface area contributed by atoms with E-state index in [9.17, 15) is 0 Å². The molecule has 0 heterocycles. The van der Waals surface area contributed by atoms with E-state index in [2.05, 4.69) is 110 Å². The zero-order chi connectivity index (χ0) is 19.2. The Labute approximate surface area is 173 Å². The molecule has 0 saturated heterocycles. The Bertz CT molecular complexity index is 858. The summed E-state index contributed by atoms with van der Waals surface area (Å²) in [4.78, 5) is 0. The van der Waals surface area contributed by atoms with Crippen molar-refractivity contribution in [3.8, 4) is 5.75 Å². The van der Waals surface area contributed by atoms with Crippen LogP contribution in [0.4, 0.5) is 0 Å². The molecule has 0 atom stereocenters. The third-order valence-corrected chi connectivity index (χ3v) is 16.0. The summed E-state index contributed by atoms with van der Waals surface area (Å²) in [6.45, 7) is 2.26. The van der Waals surface area contributed by atoms with Crippen LogP contribution in [0.25, 0.3) is 0 Å². The molecule has 1 nitrogen and oxygen atoms in total. The van der Waals surface area contributed by atoms with Crippen LogP contribution in [0.15, 0.2) is 112 Å². The quantitative estimate of drug-likeness (QED) is 0.390. The number of rotatable bonds is 7. The molecule has 0 amide bonds. The van der Waals surface area contributed by atoms with Gasteiger partial charge in [0, 0.05) is 0 Å². The number of hydrogen-bond acceptors (Lipinski definition) is 1. The zero-order valence-electron chi connectivity index (χ0n) is 16.3. The van der Waals surface area contributed by atoms with E-state index in [0.717, 1.165) is 20.4 Å². The molecule has 0 unspecified atom stereocenters. The molecule has 140 valence electrons. The van der Waals surface area contributed by atoms with E-state index in [0.29, 0.717) is 0 Å². The maximum absolute atomic E-state index is 7.08. The van der Waals surface area contributed by atoms with Gasteiger partial charge in [-0.3, -0.25) is 0 Å². The van der Waals surface area contributed by atoms with Gasteiger partial charge < -0.3 is 0 Å². The van der Waals surface area contributed by atoms with Crippen LogP contribution >= 0.6 is 0 Å². The van der Waals surface area contributed by atoms with Crippen molar-refractivity contribution in [1.29, 1.82) is 0 Å². The Hall–Kier alpha value is -2.18. The van der Waals surface area contributed by atoms with Gasteiger partial charge in [0.25, 0.3) is 0 Å². The first-order chi connectivity index (χ1) is 13.8. The first kappa shape index (κ1) is 19.2. The maximum atomic E-state index is 7.08. The molecule has 0 N–H and O–H groups in total. The molecule has 0 fully saturated rings. The topological polar surface area (TPSA) is 9.23 Å². The van der Waals surface area contributed by atoms with Crippen molar-refractivity contribution < 1.29 is 23.5 Å². The van der Waals surface area contributed by atoms with E-state index in [-0.39, 0.29) is 0 Å². The second kappa shape index (κ2) is 8.88. The van der Waals surface area contributed by atoms with Crippen molar-refractivity contribution >= 4 is 0 Å². The number of allylic oxidation sites excluding steroid dienone is 4. The van der Waals surface area contributed by atoms with E-state index < -0.39 is 20.7 Å². The molecule has 4 rings (SSSR count). The normalized spacial score (nSPS) is 13.8. The summed E-state index contributed by atoms with van der Waals surface area (Å²) < 4.78 is 10.8. The summed E-state index contributed by atoms with van der Waals surface area (Å²) in [5.74, 6) is 1.01. The molecule has 1 aliphatic carbocycles. The average Bonchev–Trinajstić information content (AvgIpc) is 3.17. The Morgan fingerprint density at radius 1 is 0.714 bits per heavy atom. The van der Waals surface area contributed by atoms with Crippen LogP contribution in [0.1, 0.15) is 24.5 Å². The van der Waals surface area contributed by atoms with Gasteiger partial charge in [-0.05, 0) is 0 Å². The molecule has 0 saturated carbocycles. The van der Waals surface area contributed by atoms with Crippen LogP contribution in [0.2, 0.25) is 0 Å². The van der Waals surface area contributed by atoms with Crippen molar-refractivity contribution in [3.05, 3.63) is 123 Å². The van der Waals surface area contributed by atoms with Gasteiger partial charge in [0.1, 0.15) is 0 Å². The standard InChI is InChI=1S/2C7H7.C6H6O.C6H7.Zr/c2*1-7-5-3-2-4-6-7;7-6-4-2-1-3-5-6;1-6-4-2-3-5-6;/h2*2-6H,1H2;1-5,7H;2,4H,3H2,1H3;/q;;;;+1/p-1. The van der Waals surface area contributed by atoms with E-state index in [4.69, 9.17) is 2.81 Å². The molecule has 2 heteroatoms. The van der Waals surface area contributed by atoms with Crippen LogP contribution in [-0.4, -0.2) is 0 Å². The Morgan fingerprint density at radius 2 is 1.21 bits per heavy atom. The van der Waals surface area contributed by atoms with Crippen LogP contribution in [0.5, 0.6) is 5.75 Å². The van der Waals surface area contributed by atoms with Gasteiger partial charge in [-0.15, -0.1) is 0 Å². The summed E-state index contributed by atoms with van der Waals surface area (Å²) in [7, 11) is 0. The molecular formula is C26H26OZr. The first-order valence-electron chi connectivity index (χ1n) is 9.94. The van der Waals surface area contributed by atoms with Crippen LogP contribution < -0.4 is 2.81 Å². The van der Waals surface area contributed by atoms with Gasteiger partial charge in [-0.2, -0.15) is 0 Å². The zero-order valence-corrected chi connectivity index (χ0v) is 18.8. The van der Waals surface area contributed by atoms with Gasteiger partial charge in [-0.25, -0.2) is 0 Å². The molecule has 28 heavy (non-hydrogen) atoms. The Balaban J connectivity index is 1.81. The molecule has 0 aromatic heterocycles. The minimum absolute atomic E-state index is 1.01. The van der Waals surface area contributed by atoms with E-state index in [1.165, 1.54) is 16.7 Å². The summed E-state index contributed by atoms with van der Waals surface area (Å²) in [5.41, 5.74) is 4.19. The average molecular weight is 446 g/mol. The number of para-hydroxylation sites is 1. The first-order valence-corrected chi connectivity index (χ1v) is 15.6. The fourth-order valence-corrected chi connectivity index (χ4v) is 15.2. The van der Waals surface area contributed by atoms with Gasteiger partial charge in [-0.1, -0.05) is 0 Å². The third kappa shape index (κ3) is 4.45. The van der Waals surface area contributed by atoms with E-state index >= 15 is 0 Å². The second-order valence-corrected chi connectivity index (χ2v) is 16.1. The summed E-state index contributed by atoms with van der Waals surface area (Å²) in [5, 5.41) is 0. The van der Waals surface area contributed by atoms with Crippen molar-refractivity contribution in [1.82, 2.24) is 0 Å². The molecule has 0 radical (unpaired) electrons. The predicted molar refractivity (Wildman–Crippen MR) is 114 cm³/mol. The molecule has 0 bridgehead atoms. The predicted octanol–water partition coefficient (Wildman–Crippen LogP) is 6.77. The Morgan fingerprint density at radius 3 is 1.68 bits per heavy atom. The van der Waals surface area contributed by atoms with Gasteiger partial charge >= 0.3 is 174 Å². The summed E-state index contributed by atoms with van der Waals surface area (Å²) in [6, 6.07) is 32.2. The van der Waals surface area contributed by atoms with Crippen LogP contribution in [0, 0.1) is 0 Å². The summed E-state index contributed by atoms with van der Waals surface area (Å²) in [6.07, 6.45) is 5.63. The number of hydrogen-bond donors (Lipinski definition) is 0. The fourth-order valence-electron chi connectivity index (χ4n) is 4.14. The molecule has 0 aliphatic heterocycles. The Kier molecular flexibility index (Phi) is 6.08. The SMILES string of the molecule is CC1=[C]([Zr]([CH2]c2ccccc2)([CH2]c2ccccc2)[O]c2ccccc2)CC=C1. The summed E-state index contributed by atoms with van der Waals surface area (Å²) >= 11 is -3.31. The van der Waals surface area contributed by atoms with Crippen LogP contribution in [-0.2, 0) is 29.0 Å². The molecule has 3 aromatic rings. The van der Waals surface area contributed by atoms with Crippen molar-refractivity contribution in [2.24, 2.45) is 0 Å². The number of benzene rings is 3. The molecule has 0 spiro atoms. The van der Waals surface area contributed by atoms with Gasteiger partial charge in [0.2, 0.25) is 0 Å². The third-order valence-electron chi connectivity index (χ3n) is 5.44. The molecular weight excluding hydrogens is 420 g/mol. The monoisotopic (exact) mass is 444 g/mol. The minimum atomic E-state index is -3.31. The second-order valence-electron chi connectivity index (χ2n) is 7.50. The van der Waals surface area contributed by atoms with Gasteiger partial charge in [0.05, 0.1) is 0 Å². The molecule has 1 aliphatic rings. The van der Waals surface area contributed by atoms with Crippen molar-refractivity contribution in [3.63, 3.8) is 0 Å². The van der Waals surface area contributed by atoms with E-state index in [1.54, 1.807) is 3.28 Å². The van der Waals surface area contributed by atoms with Crippen LogP contribution in [0.3, 0.4) is 0 Å². The van der Waals surface area contributed by atoms with Crippen molar-refractivity contribution in [2.45, 2.75) is 21.6 Å². The fraction of sp³-hybridized carbons (Fsp3) is 0.154. The van der Waals surface area contributed by atoms with Crippen molar-refractivity contribution in [2.75, 3.05) is 0 Å².